The van der Waals surface area contributed by atoms with Crippen LogP contribution in [0.4, 0.5) is 18.9 Å². The van der Waals surface area contributed by atoms with Crippen LogP contribution in [0.5, 0.6) is 0 Å². The van der Waals surface area contributed by atoms with Gasteiger partial charge < -0.3 is 0 Å². The molecule has 0 spiro atoms. The molecule has 0 heterocycles. The molecular weight excluding hydrogens is 199 g/mol. The Kier molecular flexibility index (Phi) is 2.83. The van der Waals surface area contributed by atoms with E-state index in [4.69, 9.17) is 6.57 Å². The molecule has 0 aliphatic rings. The smallest absolute Gasteiger partial charge is 0.238 e. The molecule has 68 valence electrons. The van der Waals surface area contributed by atoms with Crippen LogP contribution < -0.4 is 0 Å². The molecule has 1 aromatic rings. The Hall–Kier alpha value is -1.15. The van der Waals surface area contributed by atoms with Gasteiger partial charge in [0.05, 0.1) is 6.57 Å². The molecule has 0 amide bonds. The first-order chi connectivity index (χ1) is 6.01. The Morgan fingerprint density at radius 3 is 2.08 bits per heavy atom. The van der Waals surface area contributed by atoms with Gasteiger partial charge in [-0.15, -0.1) is 0 Å². The number of benzene rings is 1. The Labute approximate surface area is 77.4 Å². The topological polar surface area (TPSA) is 4.36 Å². The fraction of sp³-hybridized carbons (Fsp3) is 0.125. The summed E-state index contributed by atoms with van der Waals surface area (Å²) in [6, 6.07) is 5.29. The molecular formula is C8H4F3NS. The number of nitrogens with zero attached hydrogens (tertiary/aromatic N) is 1. The van der Waals surface area contributed by atoms with Crippen molar-refractivity contribution >= 4 is 17.4 Å². The average Bonchev–Trinajstić information content (AvgIpc) is 2.03. The minimum Gasteiger partial charge on any atom is -0.238 e. The summed E-state index contributed by atoms with van der Waals surface area (Å²) >= 11 is -0.183. The van der Waals surface area contributed by atoms with E-state index in [0.29, 0.717) is 5.69 Å². The lowest BCUT2D eigenvalue weighted by molar-refractivity contribution is -0.0328. The van der Waals surface area contributed by atoms with Crippen molar-refractivity contribution in [2.75, 3.05) is 0 Å². The lowest BCUT2D eigenvalue weighted by atomic mass is 10.3. The molecule has 13 heavy (non-hydrogen) atoms. The third kappa shape index (κ3) is 3.38. The second kappa shape index (κ2) is 3.71. The Balaban J connectivity index is 2.77. The quantitative estimate of drug-likeness (QED) is 0.495. The van der Waals surface area contributed by atoms with Gasteiger partial charge in [-0.3, -0.25) is 0 Å². The van der Waals surface area contributed by atoms with E-state index in [9.17, 15) is 13.2 Å². The maximum Gasteiger partial charge on any atom is 0.446 e. The van der Waals surface area contributed by atoms with Gasteiger partial charge in [0.2, 0.25) is 0 Å². The maximum absolute atomic E-state index is 11.8. The Morgan fingerprint density at radius 2 is 1.69 bits per heavy atom. The molecule has 0 aromatic heterocycles. The third-order valence-corrected chi connectivity index (χ3v) is 1.94. The van der Waals surface area contributed by atoms with Crippen LogP contribution in [0.15, 0.2) is 29.2 Å². The van der Waals surface area contributed by atoms with Crippen molar-refractivity contribution in [1.29, 1.82) is 0 Å². The minimum absolute atomic E-state index is 0.0971. The summed E-state index contributed by atoms with van der Waals surface area (Å²) < 4.78 is 35.5. The second-order valence-corrected chi connectivity index (χ2v) is 3.29. The van der Waals surface area contributed by atoms with Gasteiger partial charge in [-0.05, 0) is 11.8 Å². The van der Waals surface area contributed by atoms with Crippen LogP contribution in [0, 0.1) is 6.57 Å². The minimum atomic E-state index is -4.26. The molecule has 0 aliphatic carbocycles. The van der Waals surface area contributed by atoms with Crippen LogP contribution in [-0.2, 0) is 0 Å². The van der Waals surface area contributed by atoms with Crippen molar-refractivity contribution in [2.24, 2.45) is 0 Å². The van der Waals surface area contributed by atoms with Crippen molar-refractivity contribution < 1.29 is 13.2 Å². The molecule has 1 aromatic carbocycles. The number of hydrogen-bond donors (Lipinski definition) is 0. The molecule has 0 atom stereocenters. The van der Waals surface area contributed by atoms with Crippen LogP contribution >= 0.6 is 11.8 Å². The maximum atomic E-state index is 11.8. The summed E-state index contributed by atoms with van der Waals surface area (Å²) in [4.78, 5) is 3.16. The predicted octanol–water partition coefficient (Wildman–Crippen LogP) is 3.85. The summed E-state index contributed by atoms with van der Waals surface area (Å²) in [5, 5.41) is 0. The van der Waals surface area contributed by atoms with Crippen molar-refractivity contribution in [1.82, 2.24) is 0 Å². The predicted molar refractivity (Wildman–Crippen MR) is 44.6 cm³/mol. The molecule has 0 N–H and O–H groups in total. The Morgan fingerprint density at radius 1 is 1.15 bits per heavy atom. The van der Waals surface area contributed by atoms with E-state index in [1.54, 1.807) is 0 Å². The summed E-state index contributed by atoms with van der Waals surface area (Å²) in [7, 11) is 0. The standard InChI is InChI=1S/C8H4F3NS/c1-12-6-2-4-7(5-3-6)13-8(9,10)11/h2-5H. The second-order valence-electron chi connectivity index (χ2n) is 2.15. The fourth-order valence-corrected chi connectivity index (χ4v) is 1.26. The largest absolute Gasteiger partial charge is 0.446 e. The summed E-state index contributed by atoms with van der Waals surface area (Å²) in [6.07, 6.45) is 0. The van der Waals surface area contributed by atoms with Crippen molar-refractivity contribution in [3.63, 3.8) is 0 Å². The number of rotatable bonds is 1. The van der Waals surface area contributed by atoms with Crippen LogP contribution in [0.2, 0.25) is 0 Å². The first kappa shape index (κ1) is 9.93. The third-order valence-electron chi connectivity index (χ3n) is 1.20. The zero-order chi connectivity index (χ0) is 9.90. The highest BCUT2D eigenvalue weighted by molar-refractivity contribution is 8.00. The van der Waals surface area contributed by atoms with E-state index in [0.717, 1.165) is 0 Å². The zero-order valence-electron chi connectivity index (χ0n) is 6.30. The molecule has 0 bridgehead atoms. The fourth-order valence-electron chi connectivity index (χ4n) is 0.722. The molecule has 0 saturated carbocycles. The van der Waals surface area contributed by atoms with E-state index in [1.807, 2.05) is 0 Å². The molecule has 0 unspecified atom stereocenters. The molecule has 0 fully saturated rings. The van der Waals surface area contributed by atoms with E-state index < -0.39 is 5.51 Å². The average molecular weight is 203 g/mol. The number of thioether (sulfide) groups is 1. The van der Waals surface area contributed by atoms with E-state index in [-0.39, 0.29) is 16.7 Å². The summed E-state index contributed by atoms with van der Waals surface area (Å²) in [5.74, 6) is 0. The van der Waals surface area contributed by atoms with Gasteiger partial charge in [0, 0.05) is 4.90 Å². The van der Waals surface area contributed by atoms with Gasteiger partial charge in [0.25, 0.3) is 0 Å². The van der Waals surface area contributed by atoms with Crippen molar-refractivity contribution in [2.45, 2.75) is 10.4 Å². The molecule has 0 radical (unpaired) electrons. The highest BCUT2D eigenvalue weighted by Gasteiger charge is 2.28. The number of hydrogen-bond acceptors (Lipinski definition) is 1. The van der Waals surface area contributed by atoms with Crippen LogP contribution in [0.3, 0.4) is 0 Å². The Bertz CT molecular complexity index is 323. The lowest BCUT2D eigenvalue weighted by Crippen LogP contribution is -1.98. The van der Waals surface area contributed by atoms with E-state index >= 15 is 0 Å². The monoisotopic (exact) mass is 203 g/mol. The first-order valence-corrected chi connectivity index (χ1v) is 4.06. The van der Waals surface area contributed by atoms with E-state index in [1.165, 1.54) is 24.3 Å². The molecule has 1 rings (SSSR count). The van der Waals surface area contributed by atoms with Crippen LogP contribution in [-0.4, -0.2) is 5.51 Å². The zero-order valence-corrected chi connectivity index (χ0v) is 7.12. The van der Waals surface area contributed by atoms with Crippen molar-refractivity contribution in [3.05, 3.63) is 35.7 Å². The van der Waals surface area contributed by atoms with Gasteiger partial charge in [-0.1, -0.05) is 24.3 Å². The number of halogens is 3. The number of alkyl halides is 3. The van der Waals surface area contributed by atoms with Crippen LogP contribution in [0.25, 0.3) is 4.85 Å². The highest BCUT2D eigenvalue weighted by atomic mass is 32.2. The SMILES string of the molecule is [C-]#[N+]c1ccc(SC(F)(F)F)cc1. The van der Waals surface area contributed by atoms with Crippen molar-refractivity contribution in [3.8, 4) is 0 Å². The first-order valence-electron chi connectivity index (χ1n) is 3.24. The molecule has 0 aliphatic heterocycles. The lowest BCUT2D eigenvalue weighted by Gasteiger charge is -2.04. The molecule has 1 nitrogen and oxygen atoms in total. The molecule has 0 saturated heterocycles. The normalized spacial score (nSPS) is 10.9. The van der Waals surface area contributed by atoms with Gasteiger partial charge >= 0.3 is 5.51 Å². The van der Waals surface area contributed by atoms with Gasteiger partial charge in [0.15, 0.2) is 5.69 Å². The van der Waals surface area contributed by atoms with Gasteiger partial charge in [0.1, 0.15) is 0 Å². The summed E-state index contributed by atoms with van der Waals surface area (Å²) in [5.41, 5.74) is -3.92. The molecule has 5 heteroatoms. The van der Waals surface area contributed by atoms with Gasteiger partial charge in [-0.25, -0.2) is 4.85 Å². The van der Waals surface area contributed by atoms with E-state index in [2.05, 4.69) is 4.85 Å². The highest BCUT2D eigenvalue weighted by Crippen LogP contribution is 2.37. The van der Waals surface area contributed by atoms with Gasteiger partial charge in [-0.2, -0.15) is 13.2 Å². The summed E-state index contributed by atoms with van der Waals surface area (Å²) in [6.45, 7) is 6.59. The van der Waals surface area contributed by atoms with Crippen LogP contribution in [0.1, 0.15) is 0 Å².